The first-order valence-electron chi connectivity index (χ1n) is 2.67. The minimum absolute atomic E-state index is 0.0610. The van der Waals surface area contributed by atoms with Gasteiger partial charge in [0, 0.05) is 0 Å². The third-order valence-electron chi connectivity index (χ3n) is 1.28. The van der Waals surface area contributed by atoms with Gasteiger partial charge in [0.15, 0.2) is 4.08 Å². The van der Waals surface area contributed by atoms with E-state index in [4.69, 9.17) is 9.66 Å². The molecule has 62 valence electrons. The second-order valence-corrected chi connectivity index (χ2v) is 4.82. The third kappa shape index (κ3) is 1.85. The molecule has 0 aromatic rings. The van der Waals surface area contributed by atoms with Crippen LogP contribution in [-0.4, -0.2) is 28.8 Å². The van der Waals surface area contributed by atoms with E-state index in [0.717, 1.165) is 0 Å². The summed E-state index contributed by atoms with van der Waals surface area (Å²) in [4.78, 5) is 0. The summed E-state index contributed by atoms with van der Waals surface area (Å²) in [7, 11) is -4.25. The highest BCUT2D eigenvalue weighted by molar-refractivity contribution is 8.03. The molecule has 0 saturated carbocycles. The minimum atomic E-state index is -4.25. The van der Waals surface area contributed by atoms with Crippen LogP contribution in [0.1, 0.15) is 13.3 Å². The lowest BCUT2D eigenvalue weighted by atomic mass is 10.3. The highest BCUT2D eigenvalue weighted by Gasteiger charge is 2.36. The number of hydrogen-bond donors (Lipinski definition) is 3. The highest BCUT2D eigenvalue weighted by Crippen LogP contribution is 2.24. The van der Waals surface area contributed by atoms with Crippen LogP contribution in [-0.2, 0) is 10.1 Å². The molecule has 0 radical (unpaired) electrons. The molecule has 0 rings (SSSR count). The SMILES string of the molecule is CCC(S)(CO)S(=O)(=O)O. The molecule has 0 heterocycles. The average Bonchev–Trinajstić information content (AvgIpc) is 1.84. The molecule has 10 heavy (non-hydrogen) atoms. The van der Waals surface area contributed by atoms with Crippen molar-refractivity contribution in [1.82, 2.24) is 0 Å². The summed E-state index contributed by atoms with van der Waals surface area (Å²) < 4.78 is 27.6. The van der Waals surface area contributed by atoms with E-state index in [1.54, 1.807) is 0 Å². The van der Waals surface area contributed by atoms with Gasteiger partial charge in [-0.1, -0.05) is 6.92 Å². The molecule has 1 atom stereocenters. The van der Waals surface area contributed by atoms with Gasteiger partial charge in [0.2, 0.25) is 0 Å². The van der Waals surface area contributed by atoms with Gasteiger partial charge in [-0.15, -0.1) is 0 Å². The summed E-state index contributed by atoms with van der Waals surface area (Å²) in [6, 6.07) is 0. The van der Waals surface area contributed by atoms with Gasteiger partial charge in [-0.25, -0.2) is 0 Å². The Morgan fingerprint density at radius 1 is 1.60 bits per heavy atom. The largest absolute Gasteiger partial charge is 0.394 e. The Kier molecular flexibility index (Phi) is 3.15. The molecular formula is C4H10O4S2. The zero-order valence-corrected chi connectivity index (χ0v) is 7.19. The van der Waals surface area contributed by atoms with E-state index in [2.05, 4.69) is 12.6 Å². The van der Waals surface area contributed by atoms with Crippen molar-refractivity contribution in [3.8, 4) is 0 Å². The lowest BCUT2D eigenvalue weighted by molar-refractivity contribution is 0.270. The predicted octanol–water partition coefficient (Wildman–Crippen LogP) is -0.0974. The quantitative estimate of drug-likeness (QED) is 0.425. The maximum absolute atomic E-state index is 10.4. The van der Waals surface area contributed by atoms with Crippen LogP contribution >= 0.6 is 12.6 Å². The van der Waals surface area contributed by atoms with E-state index >= 15 is 0 Å². The molecule has 0 aliphatic rings. The Labute approximate surface area is 65.4 Å². The van der Waals surface area contributed by atoms with Gasteiger partial charge in [-0.05, 0) is 6.42 Å². The number of aliphatic hydroxyl groups is 1. The molecule has 0 fully saturated rings. The minimum Gasteiger partial charge on any atom is -0.394 e. The van der Waals surface area contributed by atoms with E-state index in [1.165, 1.54) is 6.92 Å². The Morgan fingerprint density at radius 3 is 2.00 bits per heavy atom. The van der Waals surface area contributed by atoms with E-state index < -0.39 is 20.8 Å². The Balaban J connectivity index is 4.68. The van der Waals surface area contributed by atoms with E-state index in [0.29, 0.717) is 0 Å². The fraction of sp³-hybridized carbons (Fsp3) is 1.00. The fourth-order valence-corrected chi connectivity index (χ4v) is 0.904. The summed E-state index contributed by atoms with van der Waals surface area (Å²) in [6.45, 7) is 0.822. The molecule has 2 N–H and O–H groups in total. The van der Waals surface area contributed by atoms with Crippen LogP contribution in [0.25, 0.3) is 0 Å². The molecule has 1 unspecified atom stereocenters. The molecule has 4 nitrogen and oxygen atoms in total. The molecule has 0 spiro atoms. The van der Waals surface area contributed by atoms with Crippen molar-refractivity contribution >= 4 is 22.7 Å². The van der Waals surface area contributed by atoms with Gasteiger partial charge < -0.3 is 5.11 Å². The smallest absolute Gasteiger partial charge is 0.282 e. The lowest BCUT2D eigenvalue weighted by Crippen LogP contribution is -2.35. The number of thiol groups is 1. The topological polar surface area (TPSA) is 74.6 Å². The number of hydrogen-bond acceptors (Lipinski definition) is 4. The first kappa shape index (κ1) is 10.2. The van der Waals surface area contributed by atoms with Crippen molar-refractivity contribution in [1.29, 1.82) is 0 Å². The van der Waals surface area contributed by atoms with Gasteiger partial charge in [0.25, 0.3) is 10.1 Å². The summed E-state index contributed by atoms with van der Waals surface area (Å²) in [5.41, 5.74) is 0. The summed E-state index contributed by atoms with van der Waals surface area (Å²) in [5, 5.41) is 8.51. The molecule has 0 aliphatic heterocycles. The van der Waals surface area contributed by atoms with Crippen molar-refractivity contribution in [3.05, 3.63) is 0 Å². The van der Waals surface area contributed by atoms with Crippen molar-refractivity contribution in [3.63, 3.8) is 0 Å². The normalized spacial score (nSPS) is 18.4. The van der Waals surface area contributed by atoms with Crippen LogP contribution in [0.15, 0.2) is 0 Å². The van der Waals surface area contributed by atoms with Crippen LogP contribution in [0.3, 0.4) is 0 Å². The zero-order chi connectivity index (χ0) is 8.41. The van der Waals surface area contributed by atoms with Gasteiger partial charge in [-0.2, -0.15) is 21.0 Å². The van der Waals surface area contributed by atoms with Crippen LogP contribution in [0.5, 0.6) is 0 Å². The first-order chi connectivity index (χ1) is 4.37. The molecule has 0 amide bonds. The highest BCUT2D eigenvalue weighted by atomic mass is 32.3. The van der Waals surface area contributed by atoms with Crippen molar-refractivity contribution in [2.24, 2.45) is 0 Å². The van der Waals surface area contributed by atoms with Crippen molar-refractivity contribution in [2.45, 2.75) is 17.4 Å². The Morgan fingerprint density at radius 2 is 2.00 bits per heavy atom. The maximum Gasteiger partial charge on any atom is 0.282 e. The second-order valence-electron chi connectivity index (χ2n) is 1.93. The molecule has 0 saturated heterocycles. The molecule has 0 aliphatic carbocycles. The molecular weight excluding hydrogens is 176 g/mol. The predicted molar refractivity (Wildman–Crippen MR) is 40.6 cm³/mol. The van der Waals surface area contributed by atoms with E-state index in [-0.39, 0.29) is 6.42 Å². The molecule has 0 aromatic heterocycles. The first-order valence-corrected chi connectivity index (χ1v) is 4.56. The summed E-state index contributed by atoms with van der Waals surface area (Å²) >= 11 is 3.61. The second kappa shape index (κ2) is 3.08. The van der Waals surface area contributed by atoms with E-state index in [1.807, 2.05) is 0 Å². The van der Waals surface area contributed by atoms with Crippen molar-refractivity contribution in [2.75, 3.05) is 6.61 Å². The van der Waals surface area contributed by atoms with Crippen LogP contribution < -0.4 is 0 Å². The fourth-order valence-electron chi connectivity index (χ4n) is 0.376. The van der Waals surface area contributed by atoms with Gasteiger partial charge in [-0.3, -0.25) is 4.55 Å². The lowest BCUT2D eigenvalue weighted by Gasteiger charge is -2.19. The average molecular weight is 186 g/mol. The van der Waals surface area contributed by atoms with Crippen LogP contribution in [0, 0.1) is 0 Å². The van der Waals surface area contributed by atoms with E-state index in [9.17, 15) is 8.42 Å². The van der Waals surface area contributed by atoms with Crippen LogP contribution in [0.4, 0.5) is 0 Å². The maximum atomic E-state index is 10.4. The number of aliphatic hydroxyl groups excluding tert-OH is 1. The van der Waals surface area contributed by atoms with Gasteiger partial charge >= 0.3 is 0 Å². The third-order valence-corrected chi connectivity index (χ3v) is 3.81. The Bertz CT molecular complexity index is 191. The summed E-state index contributed by atoms with van der Waals surface area (Å²) in [6.07, 6.45) is 0.0610. The number of rotatable bonds is 3. The summed E-state index contributed by atoms with van der Waals surface area (Å²) in [5.74, 6) is 0. The molecule has 6 heteroatoms. The van der Waals surface area contributed by atoms with Gasteiger partial charge in [0.1, 0.15) is 0 Å². The van der Waals surface area contributed by atoms with Crippen molar-refractivity contribution < 1.29 is 18.1 Å². The monoisotopic (exact) mass is 186 g/mol. The van der Waals surface area contributed by atoms with Crippen LogP contribution in [0.2, 0.25) is 0 Å². The zero-order valence-electron chi connectivity index (χ0n) is 5.48. The molecule has 0 aromatic carbocycles. The van der Waals surface area contributed by atoms with Gasteiger partial charge in [0.05, 0.1) is 6.61 Å². The molecule has 0 bridgehead atoms. The Hall–Kier alpha value is 0.220. The standard InChI is InChI=1S/C4H10O4S2/c1-2-4(9,3-5)10(6,7)8/h5,9H,2-3H2,1H3,(H,6,7,8).